The highest BCUT2D eigenvalue weighted by Crippen LogP contribution is 2.30. The van der Waals surface area contributed by atoms with Crippen molar-refractivity contribution in [2.75, 3.05) is 31.1 Å². The van der Waals surface area contributed by atoms with Gasteiger partial charge in [-0.05, 0) is 30.7 Å². The normalized spacial score (nSPS) is 16.0. The van der Waals surface area contributed by atoms with Crippen molar-refractivity contribution in [2.24, 2.45) is 0 Å². The summed E-state index contributed by atoms with van der Waals surface area (Å²) < 4.78 is 24.6. The molecule has 4 rings (SSSR count). The first-order valence-electron chi connectivity index (χ1n) is 10.6. The Balaban J connectivity index is 1.32. The third-order valence-corrected chi connectivity index (χ3v) is 5.64. The molecule has 33 heavy (non-hydrogen) atoms. The summed E-state index contributed by atoms with van der Waals surface area (Å²) in [6.45, 7) is 4.23. The highest BCUT2D eigenvalue weighted by molar-refractivity contribution is 6.32. The molecule has 0 radical (unpaired) electrons. The molecule has 9 heteroatoms. The SMILES string of the molecule is C[C@H]1CN(c2cc(Oc3ccc(F)cc3Cl)ncn2)CCN1C(=O)COCc1ccccc1. The summed E-state index contributed by atoms with van der Waals surface area (Å²) in [7, 11) is 0. The Labute approximate surface area is 196 Å². The maximum atomic E-state index is 13.3. The molecule has 1 aromatic heterocycles. The molecule has 0 spiro atoms. The lowest BCUT2D eigenvalue weighted by atomic mass is 10.2. The second-order valence-electron chi connectivity index (χ2n) is 7.75. The van der Waals surface area contributed by atoms with E-state index in [0.29, 0.717) is 43.7 Å². The highest BCUT2D eigenvalue weighted by Gasteiger charge is 2.28. The highest BCUT2D eigenvalue weighted by atomic mass is 35.5. The lowest BCUT2D eigenvalue weighted by Crippen LogP contribution is -2.55. The lowest BCUT2D eigenvalue weighted by Gasteiger charge is -2.40. The number of amides is 1. The Kier molecular flexibility index (Phi) is 7.36. The van der Waals surface area contributed by atoms with Crippen LogP contribution in [0.15, 0.2) is 60.9 Å². The number of rotatable bonds is 7. The van der Waals surface area contributed by atoms with Crippen molar-refractivity contribution in [3.8, 4) is 11.6 Å². The minimum absolute atomic E-state index is 0.0162. The number of ether oxygens (including phenoxy) is 2. The van der Waals surface area contributed by atoms with Crippen molar-refractivity contribution in [1.82, 2.24) is 14.9 Å². The van der Waals surface area contributed by atoms with Gasteiger partial charge in [0.1, 0.15) is 30.3 Å². The predicted octanol–water partition coefficient (Wildman–Crippen LogP) is 4.32. The fourth-order valence-electron chi connectivity index (χ4n) is 3.68. The van der Waals surface area contributed by atoms with Crippen LogP contribution < -0.4 is 9.64 Å². The van der Waals surface area contributed by atoms with Gasteiger partial charge in [0.05, 0.1) is 11.6 Å². The number of carbonyl (C=O) groups is 1. The van der Waals surface area contributed by atoms with Gasteiger partial charge in [-0.3, -0.25) is 4.79 Å². The van der Waals surface area contributed by atoms with Crippen molar-refractivity contribution in [1.29, 1.82) is 0 Å². The van der Waals surface area contributed by atoms with Gasteiger partial charge in [-0.1, -0.05) is 41.9 Å². The first kappa shape index (κ1) is 22.9. The molecule has 1 aliphatic heterocycles. The summed E-state index contributed by atoms with van der Waals surface area (Å²) in [5, 5.41) is 0.158. The van der Waals surface area contributed by atoms with E-state index in [0.717, 1.165) is 5.56 Å². The second-order valence-corrected chi connectivity index (χ2v) is 8.16. The van der Waals surface area contributed by atoms with Gasteiger partial charge in [0.25, 0.3) is 0 Å². The number of nitrogens with zero attached hydrogens (tertiary/aromatic N) is 4. The maximum absolute atomic E-state index is 13.3. The number of anilines is 1. The molecule has 1 fully saturated rings. The molecule has 0 saturated carbocycles. The first-order chi connectivity index (χ1) is 16.0. The van der Waals surface area contributed by atoms with Gasteiger partial charge < -0.3 is 19.3 Å². The van der Waals surface area contributed by atoms with E-state index in [1.54, 1.807) is 6.07 Å². The quantitative estimate of drug-likeness (QED) is 0.512. The number of carbonyl (C=O) groups excluding carboxylic acids is 1. The van der Waals surface area contributed by atoms with Crippen LogP contribution in [0, 0.1) is 5.82 Å². The molecule has 0 unspecified atom stereocenters. The largest absolute Gasteiger partial charge is 0.437 e. The average Bonchev–Trinajstić information content (AvgIpc) is 2.81. The summed E-state index contributed by atoms with van der Waals surface area (Å²) in [6.07, 6.45) is 1.40. The molecule has 2 heterocycles. The van der Waals surface area contributed by atoms with Gasteiger partial charge in [0.2, 0.25) is 11.8 Å². The lowest BCUT2D eigenvalue weighted by molar-refractivity contribution is -0.139. The van der Waals surface area contributed by atoms with Crippen molar-refractivity contribution in [3.05, 3.63) is 77.3 Å². The van der Waals surface area contributed by atoms with Crippen LogP contribution in [0.1, 0.15) is 12.5 Å². The van der Waals surface area contributed by atoms with Crippen LogP contribution in [0.2, 0.25) is 5.02 Å². The van der Waals surface area contributed by atoms with Crippen LogP contribution in [-0.4, -0.2) is 53.1 Å². The number of benzene rings is 2. The van der Waals surface area contributed by atoms with Gasteiger partial charge >= 0.3 is 0 Å². The molecule has 7 nitrogen and oxygen atoms in total. The topological polar surface area (TPSA) is 67.8 Å². The fourth-order valence-corrected chi connectivity index (χ4v) is 3.88. The van der Waals surface area contributed by atoms with Crippen molar-refractivity contribution in [3.63, 3.8) is 0 Å². The molecule has 0 aliphatic carbocycles. The summed E-state index contributed by atoms with van der Waals surface area (Å²) >= 11 is 6.04. The third-order valence-electron chi connectivity index (χ3n) is 5.34. The van der Waals surface area contributed by atoms with Crippen molar-refractivity contribution >= 4 is 23.3 Å². The second kappa shape index (κ2) is 10.6. The first-order valence-corrected chi connectivity index (χ1v) is 11.0. The van der Waals surface area contributed by atoms with Crippen LogP contribution in [0.3, 0.4) is 0 Å². The van der Waals surface area contributed by atoms with Gasteiger partial charge in [0.15, 0.2) is 0 Å². The smallest absolute Gasteiger partial charge is 0.248 e. The Morgan fingerprint density at radius 1 is 1.15 bits per heavy atom. The molecule has 1 amide bonds. The minimum Gasteiger partial charge on any atom is -0.437 e. The van der Waals surface area contributed by atoms with Crippen molar-refractivity contribution < 1.29 is 18.7 Å². The molecule has 0 bridgehead atoms. The number of piperazine rings is 1. The van der Waals surface area contributed by atoms with E-state index in [1.165, 1.54) is 24.5 Å². The predicted molar refractivity (Wildman–Crippen MR) is 123 cm³/mol. The zero-order valence-electron chi connectivity index (χ0n) is 18.2. The molecule has 172 valence electrons. The maximum Gasteiger partial charge on any atom is 0.248 e. The summed E-state index contributed by atoms with van der Waals surface area (Å²) in [5.74, 6) is 0.812. The molecular weight excluding hydrogens is 447 g/mol. The standard InChI is InChI=1S/C24H24ClFN4O3/c1-17-13-29(9-10-30(17)24(31)15-32-14-18-5-3-2-4-6-18)22-12-23(28-16-27-22)33-21-8-7-19(26)11-20(21)25/h2-8,11-12,16-17H,9-10,13-15H2,1H3/t17-/m0/s1. The molecular formula is C24H24ClFN4O3. The zero-order chi connectivity index (χ0) is 23.2. The number of aromatic nitrogens is 2. The molecule has 3 aromatic rings. The Morgan fingerprint density at radius 2 is 1.97 bits per heavy atom. The third kappa shape index (κ3) is 5.97. The van der Waals surface area contributed by atoms with E-state index in [1.807, 2.05) is 42.2 Å². The van der Waals surface area contributed by atoms with Gasteiger partial charge in [-0.2, -0.15) is 0 Å². The monoisotopic (exact) mass is 470 g/mol. The number of halogens is 2. The van der Waals surface area contributed by atoms with Gasteiger partial charge in [0, 0.05) is 31.7 Å². The van der Waals surface area contributed by atoms with Crippen molar-refractivity contribution in [2.45, 2.75) is 19.6 Å². The van der Waals surface area contributed by atoms with Crippen LogP contribution in [0.25, 0.3) is 0 Å². The van der Waals surface area contributed by atoms with Crippen LogP contribution in [-0.2, 0) is 16.1 Å². The van der Waals surface area contributed by atoms with Crippen LogP contribution >= 0.6 is 11.6 Å². The molecule has 1 aliphatic rings. The summed E-state index contributed by atoms with van der Waals surface area (Å²) in [5.41, 5.74) is 1.03. The number of hydrogen-bond acceptors (Lipinski definition) is 6. The van der Waals surface area contributed by atoms with E-state index >= 15 is 0 Å². The van der Waals surface area contributed by atoms with Crippen LogP contribution in [0.5, 0.6) is 11.6 Å². The molecule has 1 atom stereocenters. The van der Waals surface area contributed by atoms with Crippen LogP contribution in [0.4, 0.5) is 10.2 Å². The fraction of sp³-hybridized carbons (Fsp3) is 0.292. The number of hydrogen-bond donors (Lipinski definition) is 0. The van der Waals surface area contributed by atoms with E-state index in [2.05, 4.69) is 14.9 Å². The molecule has 1 saturated heterocycles. The van der Waals surface area contributed by atoms with E-state index in [9.17, 15) is 9.18 Å². The average molecular weight is 471 g/mol. The van der Waals surface area contributed by atoms with E-state index < -0.39 is 5.82 Å². The Hall–Kier alpha value is -3.23. The Morgan fingerprint density at radius 3 is 2.73 bits per heavy atom. The molecule has 0 N–H and O–H groups in total. The minimum atomic E-state index is -0.442. The van der Waals surface area contributed by atoms with E-state index in [-0.39, 0.29) is 23.6 Å². The van der Waals surface area contributed by atoms with Gasteiger partial charge in [-0.15, -0.1) is 0 Å². The summed E-state index contributed by atoms with van der Waals surface area (Å²) in [4.78, 5) is 25.0. The van der Waals surface area contributed by atoms with E-state index in [4.69, 9.17) is 21.1 Å². The molecule has 2 aromatic carbocycles. The Bertz CT molecular complexity index is 1100. The van der Waals surface area contributed by atoms with Gasteiger partial charge in [-0.25, -0.2) is 14.4 Å². The summed E-state index contributed by atoms with van der Waals surface area (Å²) in [6, 6.07) is 15.4. The zero-order valence-corrected chi connectivity index (χ0v) is 18.9.